The number of carbonyl (C=O) groups excluding carboxylic acids is 1. The lowest BCUT2D eigenvalue weighted by molar-refractivity contribution is -0.133. The summed E-state index contributed by atoms with van der Waals surface area (Å²) >= 11 is 0. The summed E-state index contributed by atoms with van der Waals surface area (Å²) in [6, 6.07) is 14.8. The van der Waals surface area contributed by atoms with Gasteiger partial charge in [0.25, 0.3) is 5.56 Å². The molecule has 0 unspecified atom stereocenters. The molecule has 0 radical (unpaired) electrons. The third-order valence-electron chi connectivity index (χ3n) is 4.99. The number of nitrogens with zero attached hydrogens (tertiary/aromatic N) is 4. The third kappa shape index (κ3) is 3.28. The lowest BCUT2D eigenvalue weighted by Gasteiger charge is -2.25. The average Bonchev–Trinajstić information content (AvgIpc) is 3.20. The van der Waals surface area contributed by atoms with E-state index in [-0.39, 0.29) is 24.1 Å². The van der Waals surface area contributed by atoms with E-state index in [0.29, 0.717) is 17.4 Å². The first-order valence-electron chi connectivity index (χ1n) is 8.93. The van der Waals surface area contributed by atoms with Gasteiger partial charge in [0.1, 0.15) is 17.8 Å². The van der Waals surface area contributed by atoms with E-state index in [2.05, 4.69) is 10.3 Å². The summed E-state index contributed by atoms with van der Waals surface area (Å²) in [6.45, 7) is 0.564. The Morgan fingerprint density at radius 1 is 1.19 bits per heavy atom. The molecule has 2 aromatic carbocycles. The first-order chi connectivity index (χ1) is 13.2. The number of hydrogen-bond donors (Lipinski definition) is 0. The highest BCUT2D eigenvalue weighted by molar-refractivity contribution is 5.79. The number of ether oxygens (including phenoxy) is 1. The topological polar surface area (TPSA) is 77.3 Å². The fraction of sp³-hybridized carbons (Fsp3) is 0.300. The maximum atomic E-state index is 12.9. The summed E-state index contributed by atoms with van der Waals surface area (Å²) < 4.78 is 6.35. The highest BCUT2D eigenvalue weighted by Crippen LogP contribution is 2.32. The third-order valence-corrected chi connectivity index (χ3v) is 4.99. The molecule has 7 nitrogen and oxygen atoms in total. The van der Waals surface area contributed by atoms with Crippen LogP contribution in [0.25, 0.3) is 10.9 Å². The Morgan fingerprint density at radius 2 is 1.96 bits per heavy atom. The molecule has 0 spiro atoms. The number of methoxy groups -OCH3 is 1. The normalized spacial score (nSPS) is 16.6. The largest absolute Gasteiger partial charge is 0.497 e. The Labute approximate surface area is 156 Å². The number of rotatable bonds is 4. The summed E-state index contributed by atoms with van der Waals surface area (Å²) in [5.74, 6) is 0.660. The monoisotopic (exact) mass is 364 g/mol. The molecular formula is C20H20N4O3. The number of amides is 1. The number of likely N-dealkylation sites (tertiary alicyclic amines) is 1. The number of benzene rings is 2. The number of carbonyl (C=O) groups is 1. The van der Waals surface area contributed by atoms with E-state index in [1.165, 1.54) is 0 Å². The van der Waals surface area contributed by atoms with E-state index in [0.717, 1.165) is 28.8 Å². The van der Waals surface area contributed by atoms with Crippen molar-refractivity contribution in [1.82, 2.24) is 19.9 Å². The van der Waals surface area contributed by atoms with Crippen molar-refractivity contribution in [1.29, 1.82) is 0 Å². The fourth-order valence-corrected chi connectivity index (χ4v) is 3.58. The molecule has 0 saturated carbocycles. The number of hydrogen-bond acceptors (Lipinski definition) is 5. The molecule has 3 aromatic rings. The molecule has 1 amide bonds. The van der Waals surface area contributed by atoms with E-state index in [1.54, 1.807) is 31.4 Å². The van der Waals surface area contributed by atoms with Gasteiger partial charge in [0.05, 0.1) is 18.5 Å². The molecule has 0 aliphatic carbocycles. The van der Waals surface area contributed by atoms with Crippen LogP contribution in [0.4, 0.5) is 0 Å². The summed E-state index contributed by atoms with van der Waals surface area (Å²) in [6.07, 6.45) is 1.83. The van der Waals surface area contributed by atoms with Crippen LogP contribution >= 0.6 is 0 Å². The molecular weight excluding hydrogens is 344 g/mol. The quantitative estimate of drug-likeness (QED) is 0.709. The maximum absolute atomic E-state index is 12.9. The Hall–Kier alpha value is -3.22. The van der Waals surface area contributed by atoms with Crippen LogP contribution in [0.5, 0.6) is 5.75 Å². The van der Waals surface area contributed by atoms with E-state index in [9.17, 15) is 9.59 Å². The smallest absolute Gasteiger partial charge is 0.278 e. The van der Waals surface area contributed by atoms with Crippen LogP contribution in [-0.2, 0) is 11.3 Å². The van der Waals surface area contributed by atoms with Gasteiger partial charge in [-0.1, -0.05) is 29.5 Å². The molecule has 138 valence electrons. The minimum atomic E-state index is -0.297. The molecule has 1 aliphatic heterocycles. The highest BCUT2D eigenvalue weighted by Gasteiger charge is 2.30. The lowest BCUT2D eigenvalue weighted by atomic mass is 10.0. The molecule has 2 heterocycles. The van der Waals surface area contributed by atoms with E-state index >= 15 is 0 Å². The van der Waals surface area contributed by atoms with Crippen molar-refractivity contribution in [3.05, 3.63) is 64.4 Å². The van der Waals surface area contributed by atoms with E-state index < -0.39 is 0 Å². The van der Waals surface area contributed by atoms with Gasteiger partial charge in [-0.3, -0.25) is 9.59 Å². The molecule has 1 atom stereocenters. The zero-order valence-corrected chi connectivity index (χ0v) is 15.0. The summed E-state index contributed by atoms with van der Waals surface area (Å²) in [7, 11) is 1.63. The number of aromatic nitrogens is 3. The maximum Gasteiger partial charge on any atom is 0.278 e. The predicted octanol–water partition coefficient (Wildman–Crippen LogP) is 2.16. The van der Waals surface area contributed by atoms with Crippen molar-refractivity contribution in [2.24, 2.45) is 0 Å². The summed E-state index contributed by atoms with van der Waals surface area (Å²) in [5, 5.41) is 8.44. The van der Waals surface area contributed by atoms with Gasteiger partial charge in [0, 0.05) is 6.54 Å². The van der Waals surface area contributed by atoms with Gasteiger partial charge in [-0.2, -0.15) is 0 Å². The van der Waals surface area contributed by atoms with Gasteiger partial charge in [-0.15, -0.1) is 5.10 Å². The Kier molecular flexibility index (Phi) is 4.58. The van der Waals surface area contributed by atoms with Crippen LogP contribution in [0.1, 0.15) is 24.4 Å². The van der Waals surface area contributed by atoms with Gasteiger partial charge < -0.3 is 9.64 Å². The summed E-state index contributed by atoms with van der Waals surface area (Å²) in [5.41, 5.74) is 1.30. The molecule has 0 bridgehead atoms. The van der Waals surface area contributed by atoms with Crippen LogP contribution in [0.15, 0.2) is 53.3 Å². The van der Waals surface area contributed by atoms with Crippen molar-refractivity contribution in [2.45, 2.75) is 25.4 Å². The molecule has 1 aliphatic rings. The minimum absolute atomic E-state index is 0.00697. The molecule has 1 fully saturated rings. The van der Waals surface area contributed by atoms with Crippen molar-refractivity contribution >= 4 is 16.8 Å². The van der Waals surface area contributed by atoms with E-state index in [4.69, 9.17) is 4.74 Å². The van der Waals surface area contributed by atoms with Gasteiger partial charge in [-0.05, 0) is 42.7 Å². The van der Waals surface area contributed by atoms with E-state index in [1.807, 2.05) is 29.2 Å². The van der Waals surface area contributed by atoms with Gasteiger partial charge in [0.2, 0.25) is 5.91 Å². The molecule has 7 heteroatoms. The Bertz CT molecular complexity index is 1030. The molecule has 0 N–H and O–H groups in total. The second kappa shape index (κ2) is 7.19. The second-order valence-corrected chi connectivity index (χ2v) is 6.59. The Balaban J connectivity index is 1.57. The van der Waals surface area contributed by atoms with Crippen LogP contribution in [0, 0.1) is 0 Å². The van der Waals surface area contributed by atoms with Crippen LogP contribution < -0.4 is 10.3 Å². The van der Waals surface area contributed by atoms with Crippen molar-refractivity contribution in [3.63, 3.8) is 0 Å². The predicted molar refractivity (Wildman–Crippen MR) is 100 cm³/mol. The summed E-state index contributed by atoms with van der Waals surface area (Å²) in [4.78, 5) is 27.3. The first-order valence-corrected chi connectivity index (χ1v) is 8.93. The second-order valence-electron chi connectivity index (χ2n) is 6.59. The fourth-order valence-electron chi connectivity index (χ4n) is 3.58. The SMILES string of the molecule is COc1ccc([C@@H]2CCCN2C(=O)Cn2nnc3ccccc3c2=O)cc1. The lowest BCUT2D eigenvalue weighted by Crippen LogP contribution is -2.37. The van der Waals surface area contributed by atoms with Crippen molar-refractivity contribution in [2.75, 3.05) is 13.7 Å². The number of fused-ring (bicyclic) bond motifs is 1. The van der Waals surface area contributed by atoms with Gasteiger partial charge in [-0.25, -0.2) is 4.68 Å². The highest BCUT2D eigenvalue weighted by atomic mass is 16.5. The minimum Gasteiger partial charge on any atom is -0.497 e. The van der Waals surface area contributed by atoms with Crippen molar-refractivity contribution < 1.29 is 9.53 Å². The average molecular weight is 364 g/mol. The van der Waals surface area contributed by atoms with Gasteiger partial charge >= 0.3 is 0 Å². The van der Waals surface area contributed by atoms with Crippen molar-refractivity contribution in [3.8, 4) is 5.75 Å². The first kappa shape index (κ1) is 17.2. The zero-order valence-electron chi connectivity index (χ0n) is 15.0. The van der Waals surface area contributed by atoms with Crippen LogP contribution in [0.2, 0.25) is 0 Å². The standard InChI is InChI=1S/C20H20N4O3/c1-27-15-10-8-14(9-11-15)18-7-4-12-23(18)19(25)13-24-20(26)16-5-2-3-6-17(16)21-22-24/h2-3,5-6,8-11,18H,4,7,12-13H2,1H3/t18-/m0/s1. The molecule has 4 rings (SSSR count). The molecule has 1 aromatic heterocycles. The van der Waals surface area contributed by atoms with Crippen LogP contribution in [0.3, 0.4) is 0 Å². The molecule has 1 saturated heterocycles. The van der Waals surface area contributed by atoms with Gasteiger partial charge in [0.15, 0.2) is 0 Å². The van der Waals surface area contributed by atoms with Crippen LogP contribution in [-0.4, -0.2) is 39.5 Å². The zero-order chi connectivity index (χ0) is 18.8. The molecule has 27 heavy (non-hydrogen) atoms. The Morgan fingerprint density at radius 3 is 2.74 bits per heavy atom.